The topological polar surface area (TPSA) is 74.0 Å². The Balaban J connectivity index is 1.70. The maximum absolute atomic E-state index is 13.0. The van der Waals surface area contributed by atoms with E-state index in [2.05, 4.69) is 15.6 Å². The number of benzene rings is 2. The summed E-state index contributed by atoms with van der Waals surface area (Å²) in [5.41, 5.74) is 4.45. The number of nitrogens with one attached hydrogen (secondary N) is 3. The Morgan fingerprint density at radius 3 is 2.46 bits per heavy atom. The number of anilines is 1. The molecule has 4 rings (SSSR count). The molecule has 0 unspecified atom stereocenters. The fourth-order valence-electron chi connectivity index (χ4n) is 3.91. The molecule has 5 nitrogen and oxygen atoms in total. The number of H-pyrrole nitrogens is 1. The normalized spacial score (nSPS) is 14.4. The highest BCUT2D eigenvalue weighted by molar-refractivity contribution is 6.15. The molecule has 144 valence electrons. The zero-order chi connectivity index (χ0) is 19.7. The van der Waals surface area contributed by atoms with E-state index in [1.54, 1.807) is 6.07 Å². The third-order valence-electron chi connectivity index (χ3n) is 5.39. The first kappa shape index (κ1) is 18.3. The van der Waals surface area contributed by atoms with Crippen LogP contribution in [0.5, 0.6) is 0 Å². The molecule has 2 aromatic carbocycles. The van der Waals surface area contributed by atoms with Crippen LogP contribution in [0.4, 0.5) is 5.69 Å². The Bertz CT molecular complexity index is 1050. The predicted octanol–water partition coefficient (Wildman–Crippen LogP) is 4.71. The molecule has 28 heavy (non-hydrogen) atoms. The molecule has 0 aliphatic heterocycles. The molecule has 3 aromatic rings. The predicted molar refractivity (Wildman–Crippen MR) is 112 cm³/mol. The minimum absolute atomic E-state index is 0.166. The molecular weight excluding hydrogens is 350 g/mol. The van der Waals surface area contributed by atoms with Crippen molar-refractivity contribution in [3.63, 3.8) is 0 Å². The Kier molecular flexibility index (Phi) is 4.90. The second-order valence-electron chi connectivity index (χ2n) is 7.70. The van der Waals surface area contributed by atoms with Gasteiger partial charge in [-0.1, -0.05) is 42.2 Å². The number of aromatic nitrogens is 1. The van der Waals surface area contributed by atoms with Crippen LogP contribution >= 0.6 is 0 Å². The molecule has 0 saturated heterocycles. The van der Waals surface area contributed by atoms with E-state index in [9.17, 15) is 9.59 Å². The van der Waals surface area contributed by atoms with Crippen LogP contribution in [0.3, 0.4) is 0 Å². The summed E-state index contributed by atoms with van der Waals surface area (Å²) >= 11 is 0. The average Bonchev–Trinajstić information content (AvgIpc) is 3.30. The van der Waals surface area contributed by atoms with Gasteiger partial charge in [0.1, 0.15) is 5.69 Å². The van der Waals surface area contributed by atoms with E-state index in [0.717, 1.165) is 47.7 Å². The lowest BCUT2D eigenvalue weighted by atomic mass is 10.1. The molecule has 1 aromatic heterocycles. The Hall–Kier alpha value is -3.08. The molecule has 2 amide bonds. The van der Waals surface area contributed by atoms with Gasteiger partial charge in [-0.15, -0.1) is 0 Å². The largest absolute Gasteiger partial charge is 0.349 e. The molecule has 1 aliphatic rings. The third kappa shape index (κ3) is 3.65. The van der Waals surface area contributed by atoms with Crippen molar-refractivity contribution >= 4 is 28.4 Å². The molecule has 3 N–H and O–H groups in total. The van der Waals surface area contributed by atoms with Crippen LogP contribution in [-0.2, 0) is 0 Å². The van der Waals surface area contributed by atoms with Crippen LogP contribution in [0.2, 0.25) is 0 Å². The van der Waals surface area contributed by atoms with E-state index in [0.29, 0.717) is 16.9 Å². The van der Waals surface area contributed by atoms with Gasteiger partial charge in [0.15, 0.2) is 0 Å². The van der Waals surface area contributed by atoms with Gasteiger partial charge in [-0.2, -0.15) is 0 Å². The highest BCUT2D eigenvalue weighted by atomic mass is 16.2. The monoisotopic (exact) mass is 375 g/mol. The van der Waals surface area contributed by atoms with Crippen molar-refractivity contribution in [3.8, 4) is 0 Å². The summed E-state index contributed by atoms with van der Waals surface area (Å²) in [5.74, 6) is -0.388. The Labute approximate surface area is 164 Å². The number of aromatic amines is 1. The maximum atomic E-state index is 13.0. The van der Waals surface area contributed by atoms with Crippen molar-refractivity contribution in [1.29, 1.82) is 0 Å². The van der Waals surface area contributed by atoms with Crippen molar-refractivity contribution in [2.45, 2.75) is 45.6 Å². The fourth-order valence-corrected chi connectivity index (χ4v) is 3.91. The van der Waals surface area contributed by atoms with E-state index in [1.807, 2.05) is 50.2 Å². The molecule has 0 bridgehead atoms. The fraction of sp³-hybridized carbons (Fsp3) is 0.304. The summed E-state index contributed by atoms with van der Waals surface area (Å²) < 4.78 is 0. The summed E-state index contributed by atoms with van der Waals surface area (Å²) in [6, 6.07) is 13.6. The van der Waals surface area contributed by atoms with Gasteiger partial charge in [-0.3, -0.25) is 9.59 Å². The first-order valence-corrected chi connectivity index (χ1v) is 9.82. The van der Waals surface area contributed by atoms with Gasteiger partial charge in [0, 0.05) is 22.5 Å². The molecular formula is C23H25N3O2. The summed E-state index contributed by atoms with van der Waals surface area (Å²) in [6.45, 7) is 3.95. The second kappa shape index (κ2) is 7.50. The van der Waals surface area contributed by atoms with Gasteiger partial charge >= 0.3 is 0 Å². The lowest BCUT2D eigenvalue weighted by Gasteiger charge is -2.13. The van der Waals surface area contributed by atoms with Gasteiger partial charge in [0.25, 0.3) is 11.8 Å². The van der Waals surface area contributed by atoms with Crippen LogP contribution in [0.1, 0.15) is 57.7 Å². The molecule has 0 radical (unpaired) electrons. The van der Waals surface area contributed by atoms with Crippen LogP contribution in [0.15, 0.2) is 42.5 Å². The minimum atomic E-state index is -0.221. The number of carbonyl (C=O) groups excluding carboxylic acids is 2. The molecule has 1 aliphatic carbocycles. The van der Waals surface area contributed by atoms with Crippen LogP contribution in [0, 0.1) is 13.8 Å². The van der Waals surface area contributed by atoms with Crippen molar-refractivity contribution in [1.82, 2.24) is 10.3 Å². The molecule has 0 atom stereocenters. The lowest BCUT2D eigenvalue weighted by Crippen LogP contribution is -2.33. The number of hydrogen-bond donors (Lipinski definition) is 3. The van der Waals surface area contributed by atoms with Crippen molar-refractivity contribution in [2.24, 2.45) is 0 Å². The summed E-state index contributed by atoms with van der Waals surface area (Å²) in [7, 11) is 0. The first-order chi connectivity index (χ1) is 13.5. The zero-order valence-corrected chi connectivity index (χ0v) is 16.3. The lowest BCUT2D eigenvalue weighted by molar-refractivity contribution is 0.0934. The van der Waals surface area contributed by atoms with E-state index >= 15 is 0 Å². The van der Waals surface area contributed by atoms with Crippen LogP contribution in [-0.4, -0.2) is 22.8 Å². The molecule has 1 saturated carbocycles. The number of carbonyl (C=O) groups is 2. The maximum Gasteiger partial charge on any atom is 0.270 e. The Morgan fingerprint density at radius 2 is 1.71 bits per heavy atom. The zero-order valence-electron chi connectivity index (χ0n) is 16.3. The molecule has 1 fully saturated rings. The number of amides is 2. The number of fused-ring (bicyclic) bond motifs is 1. The number of rotatable bonds is 4. The van der Waals surface area contributed by atoms with E-state index in [-0.39, 0.29) is 17.9 Å². The quantitative estimate of drug-likeness (QED) is 0.618. The standard InChI is InChI=1S/C23H25N3O2/c1-14-6-5-7-16(12-14)22(27)26-20-18-13-15(2)10-11-19(18)25-21(20)23(28)24-17-8-3-4-9-17/h5-7,10-13,17,25H,3-4,8-9H2,1-2H3,(H,24,28)(H,26,27). The summed E-state index contributed by atoms with van der Waals surface area (Å²) in [4.78, 5) is 29.0. The SMILES string of the molecule is Cc1cccc(C(=O)Nc2c(C(=O)NC3CCCC3)[nH]c3ccc(C)cc23)c1. The highest BCUT2D eigenvalue weighted by Crippen LogP contribution is 2.30. The third-order valence-corrected chi connectivity index (χ3v) is 5.39. The highest BCUT2D eigenvalue weighted by Gasteiger charge is 2.24. The van der Waals surface area contributed by atoms with Gasteiger partial charge in [-0.25, -0.2) is 0 Å². The average molecular weight is 375 g/mol. The first-order valence-electron chi connectivity index (χ1n) is 9.82. The number of hydrogen-bond acceptors (Lipinski definition) is 2. The second-order valence-corrected chi connectivity index (χ2v) is 7.70. The van der Waals surface area contributed by atoms with Crippen molar-refractivity contribution in [3.05, 3.63) is 64.8 Å². The minimum Gasteiger partial charge on any atom is -0.349 e. The van der Waals surface area contributed by atoms with E-state index in [1.165, 1.54) is 0 Å². The van der Waals surface area contributed by atoms with Crippen molar-refractivity contribution < 1.29 is 9.59 Å². The number of aryl methyl sites for hydroxylation is 2. The van der Waals surface area contributed by atoms with Crippen LogP contribution < -0.4 is 10.6 Å². The molecule has 0 spiro atoms. The van der Waals surface area contributed by atoms with E-state index < -0.39 is 0 Å². The van der Waals surface area contributed by atoms with Gasteiger partial charge in [0.05, 0.1) is 5.69 Å². The molecule has 5 heteroatoms. The van der Waals surface area contributed by atoms with Crippen molar-refractivity contribution in [2.75, 3.05) is 5.32 Å². The Morgan fingerprint density at radius 1 is 0.964 bits per heavy atom. The summed E-state index contributed by atoms with van der Waals surface area (Å²) in [6.07, 6.45) is 4.31. The summed E-state index contributed by atoms with van der Waals surface area (Å²) in [5, 5.41) is 6.94. The smallest absolute Gasteiger partial charge is 0.270 e. The molecule has 1 heterocycles. The van der Waals surface area contributed by atoms with E-state index in [4.69, 9.17) is 0 Å². The van der Waals surface area contributed by atoms with Gasteiger partial charge in [0.2, 0.25) is 0 Å². The van der Waals surface area contributed by atoms with Crippen LogP contribution in [0.25, 0.3) is 10.9 Å². The van der Waals surface area contributed by atoms with Gasteiger partial charge in [-0.05, 0) is 51.0 Å². The van der Waals surface area contributed by atoms with Gasteiger partial charge < -0.3 is 15.6 Å².